The number of hydrogen-bond donors (Lipinski definition) is 2. The van der Waals surface area contributed by atoms with Crippen LogP contribution in [0, 0.1) is 17.2 Å². The summed E-state index contributed by atoms with van der Waals surface area (Å²) in [7, 11) is 0. The number of fused-ring (bicyclic) bond motifs is 2. The summed E-state index contributed by atoms with van der Waals surface area (Å²) in [6, 6.07) is 6.60. The minimum absolute atomic E-state index is 0.107. The predicted octanol–water partition coefficient (Wildman–Crippen LogP) is 2.10. The molecular formula is C18H23FN2O2. The van der Waals surface area contributed by atoms with Crippen LogP contribution < -0.4 is 10.6 Å². The summed E-state index contributed by atoms with van der Waals surface area (Å²) in [5.41, 5.74) is 0.465. The molecule has 1 saturated heterocycles. The maximum atomic E-state index is 13.6. The third kappa shape index (κ3) is 2.37. The van der Waals surface area contributed by atoms with Crippen molar-refractivity contribution in [2.75, 3.05) is 19.7 Å². The molecule has 2 aliphatic carbocycles. The Morgan fingerprint density at radius 3 is 2.87 bits per heavy atom. The lowest BCUT2D eigenvalue weighted by Gasteiger charge is -2.63. The van der Waals surface area contributed by atoms with Crippen LogP contribution >= 0.6 is 0 Å². The minimum Gasteiger partial charge on any atom is -0.377 e. The number of benzene rings is 1. The number of amides is 1. The number of nitrogens with one attached hydrogen (secondary N) is 2. The van der Waals surface area contributed by atoms with Crippen LogP contribution in [-0.2, 0) is 4.74 Å². The molecule has 1 heterocycles. The van der Waals surface area contributed by atoms with E-state index in [1.54, 1.807) is 12.1 Å². The molecule has 3 aliphatic rings. The summed E-state index contributed by atoms with van der Waals surface area (Å²) in [6.45, 7) is 2.12. The summed E-state index contributed by atoms with van der Waals surface area (Å²) in [6.07, 6.45) is 5.42. The van der Waals surface area contributed by atoms with Gasteiger partial charge in [-0.15, -0.1) is 0 Å². The van der Waals surface area contributed by atoms with Crippen LogP contribution in [0.15, 0.2) is 24.3 Å². The van der Waals surface area contributed by atoms with Crippen molar-refractivity contribution in [3.05, 3.63) is 35.6 Å². The molecule has 4 rings (SSSR count). The summed E-state index contributed by atoms with van der Waals surface area (Å²) in [4.78, 5) is 12.0. The molecule has 1 unspecified atom stereocenters. The first-order chi connectivity index (χ1) is 11.2. The maximum absolute atomic E-state index is 13.6. The van der Waals surface area contributed by atoms with Crippen LogP contribution in [0.4, 0.5) is 4.39 Å². The number of carbonyl (C=O) groups is 1. The Balaban J connectivity index is 1.26. The molecule has 4 nitrogen and oxygen atoms in total. The lowest BCUT2D eigenvalue weighted by Crippen LogP contribution is -2.71. The van der Waals surface area contributed by atoms with Gasteiger partial charge in [0.25, 0.3) is 5.91 Å². The molecule has 5 heteroatoms. The minimum atomic E-state index is -0.476. The average molecular weight is 318 g/mol. The Hall–Kier alpha value is -1.46. The number of halogens is 1. The summed E-state index contributed by atoms with van der Waals surface area (Å²) >= 11 is 0. The molecule has 23 heavy (non-hydrogen) atoms. The second-order valence-corrected chi connectivity index (χ2v) is 7.00. The Kier molecular flexibility index (Phi) is 3.85. The number of rotatable bonds is 5. The first-order valence-corrected chi connectivity index (χ1v) is 8.60. The lowest BCUT2D eigenvalue weighted by molar-refractivity contribution is -0.175. The van der Waals surface area contributed by atoms with Crippen LogP contribution in [0.1, 0.15) is 36.0 Å². The fourth-order valence-corrected chi connectivity index (χ4v) is 4.70. The molecule has 1 spiro atoms. The lowest BCUT2D eigenvalue weighted by atomic mass is 9.46. The third-order valence-electron chi connectivity index (χ3n) is 5.93. The molecule has 3 atom stereocenters. The van der Waals surface area contributed by atoms with Gasteiger partial charge in [-0.05, 0) is 31.4 Å². The van der Waals surface area contributed by atoms with Crippen molar-refractivity contribution in [1.29, 1.82) is 0 Å². The van der Waals surface area contributed by atoms with Gasteiger partial charge in [0.1, 0.15) is 5.82 Å². The second kappa shape index (κ2) is 5.87. The van der Waals surface area contributed by atoms with Gasteiger partial charge >= 0.3 is 0 Å². The Morgan fingerprint density at radius 2 is 2.13 bits per heavy atom. The van der Waals surface area contributed by atoms with Gasteiger partial charge in [0, 0.05) is 37.1 Å². The van der Waals surface area contributed by atoms with Gasteiger partial charge in [-0.25, -0.2) is 4.39 Å². The number of ether oxygens (including phenoxy) is 1. The van der Waals surface area contributed by atoms with Crippen LogP contribution in [0.5, 0.6) is 0 Å². The Morgan fingerprint density at radius 1 is 1.30 bits per heavy atom. The zero-order valence-electron chi connectivity index (χ0n) is 13.2. The van der Waals surface area contributed by atoms with Crippen molar-refractivity contribution in [2.45, 2.75) is 37.8 Å². The highest BCUT2D eigenvalue weighted by Crippen LogP contribution is 2.62. The predicted molar refractivity (Wildman–Crippen MR) is 84.7 cm³/mol. The normalized spacial score (nSPS) is 30.4. The molecule has 124 valence electrons. The van der Waals surface area contributed by atoms with E-state index in [0.717, 1.165) is 19.6 Å². The fourth-order valence-electron chi connectivity index (χ4n) is 4.70. The topological polar surface area (TPSA) is 50.4 Å². The van der Waals surface area contributed by atoms with Gasteiger partial charge in [-0.1, -0.05) is 18.6 Å². The van der Waals surface area contributed by atoms with Crippen LogP contribution in [0.2, 0.25) is 0 Å². The second-order valence-electron chi connectivity index (χ2n) is 7.00. The highest BCUT2D eigenvalue weighted by molar-refractivity contribution is 5.94. The van der Waals surface area contributed by atoms with E-state index in [-0.39, 0.29) is 11.5 Å². The monoisotopic (exact) mass is 318 g/mol. The molecule has 1 amide bonds. The summed E-state index contributed by atoms with van der Waals surface area (Å²) in [5, 5.41) is 6.41. The van der Waals surface area contributed by atoms with E-state index < -0.39 is 5.82 Å². The molecule has 0 aromatic heterocycles. The maximum Gasteiger partial charge on any atom is 0.254 e. The fraction of sp³-hybridized carbons (Fsp3) is 0.611. The van der Waals surface area contributed by atoms with E-state index in [1.807, 2.05) is 0 Å². The van der Waals surface area contributed by atoms with Crippen molar-refractivity contribution in [1.82, 2.24) is 10.6 Å². The molecule has 1 aromatic rings. The van der Waals surface area contributed by atoms with Crippen molar-refractivity contribution in [3.8, 4) is 0 Å². The molecule has 2 N–H and O–H groups in total. The van der Waals surface area contributed by atoms with Crippen LogP contribution in [-0.4, -0.2) is 37.7 Å². The van der Waals surface area contributed by atoms with E-state index in [4.69, 9.17) is 4.74 Å². The van der Waals surface area contributed by atoms with Gasteiger partial charge in [0.05, 0.1) is 11.7 Å². The van der Waals surface area contributed by atoms with Gasteiger partial charge in [0.15, 0.2) is 0 Å². The van der Waals surface area contributed by atoms with Crippen molar-refractivity contribution < 1.29 is 13.9 Å². The zero-order chi connectivity index (χ0) is 15.9. The molecule has 2 saturated carbocycles. The van der Waals surface area contributed by atoms with Gasteiger partial charge in [-0.2, -0.15) is 0 Å². The molecule has 0 radical (unpaired) electrons. The quantitative estimate of drug-likeness (QED) is 0.818. The largest absolute Gasteiger partial charge is 0.377 e. The van der Waals surface area contributed by atoms with E-state index in [2.05, 4.69) is 10.6 Å². The van der Waals surface area contributed by atoms with Gasteiger partial charge in [-0.3, -0.25) is 4.79 Å². The van der Waals surface area contributed by atoms with Crippen molar-refractivity contribution >= 4 is 5.91 Å². The van der Waals surface area contributed by atoms with E-state index in [0.29, 0.717) is 30.0 Å². The first-order valence-electron chi connectivity index (χ1n) is 8.60. The number of hydrogen-bond acceptors (Lipinski definition) is 3. The van der Waals surface area contributed by atoms with Gasteiger partial charge in [0.2, 0.25) is 0 Å². The molecular weight excluding hydrogens is 295 g/mol. The van der Waals surface area contributed by atoms with Crippen LogP contribution in [0.25, 0.3) is 0 Å². The van der Waals surface area contributed by atoms with Gasteiger partial charge < -0.3 is 15.4 Å². The first kappa shape index (κ1) is 15.1. The third-order valence-corrected chi connectivity index (χ3v) is 5.93. The van der Waals surface area contributed by atoms with E-state index in [1.165, 1.54) is 31.4 Å². The molecule has 3 fully saturated rings. The Labute approximate surface area is 135 Å². The van der Waals surface area contributed by atoms with E-state index >= 15 is 0 Å². The highest BCUT2D eigenvalue weighted by Gasteiger charge is 2.66. The smallest absolute Gasteiger partial charge is 0.254 e. The summed E-state index contributed by atoms with van der Waals surface area (Å²) in [5.74, 6) is -0.187. The highest BCUT2D eigenvalue weighted by atomic mass is 19.1. The molecule has 0 bridgehead atoms. The van der Waals surface area contributed by atoms with Crippen LogP contribution in [0.3, 0.4) is 0 Å². The van der Waals surface area contributed by atoms with E-state index in [9.17, 15) is 9.18 Å². The Bertz CT molecular complexity index is 602. The SMILES string of the molecule is O=C(NCCNC1[C@@H]2CCO[C@@H]2C12CCC2)c1ccccc1F. The average Bonchev–Trinajstić information content (AvgIpc) is 2.91. The number of carbonyl (C=O) groups excluding carboxylic acids is 1. The van der Waals surface area contributed by atoms with Crippen molar-refractivity contribution in [2.24, 2.45) is 11.3 Å². The van der Waals surface area contributed by atoms with Crippen molar-refractivity contribution in [3.63, 3.8) is 0 Å². The zero-order valence-corrected chi connectivity index (χ0v) is 13.2. The summed E-state index contributed by atoms with van der Waals surface area (Å²) < 4.78 is 19.5. The molecule has 1 aromatic carbocycles. The standard InChI is InChI=1S/C18H23FN2O2/c19-14-5-2-1-4-12(14)17(22)21-10-9-20-15-13-6-11-23-16(13)18(15)7-3-8-18/h1-2,4-5,13,15-16,20H,3,6-11H2,(H,21,22)/t13-,15?,16-/m0/s1. The molecule has 1 aliphatic heterocycles.